The Morgan fingerprint density at radius 3 is 2.72 bits per heavy atom. The largest absolute Gasteiger partial charge is 0.358 e. The summed E-state index contributed by atoms with van der Waals surface area (Å²) in [5.74, 6) is 0.191. The van der Waals surface area contributed by atoms with Gasteiger partial charge in [0.15, 0.2) is 0 Å². The number of benzene rings is 1. The first kappa shape index (κ1) is 19.7. The average Bonchev–Trinajstić information content (AvgIpc) is 3.03. The van der Waals surface area contributed by atoms with E-state index in [4.69, 9.17) is 4.74 Å². The highest BCUT2D eigenvalue weighted by atomic mass is 35.5. The van der Waals surface area contributed by atoms with Gasteiger partial charge in [-0.2, -0.15) is 0 Å². The number of amides is 2. The molecule has 1 atom stereocenters. The van der Waals surface area contributed by atoms with E-state index in [2.05, 4.69) is 10.6 Å². The maximum atomic E-state index is 12.4. The van der Waals surface area contributed by atoms with Crippen LogP contribution in [-0.4, -0.2) is 48.7 Å². The van der Waals surface area contributed by atoms with Gasteiger partial charge in [-0.1, -0.05) is 19.1 Å². The van der Waals surface area contributed by atoms with Crippen LogP contribution in [0.15, 0.2) is 24.3 Å². The summed E-state index contributed by atoms with van der Waals surface area (Å²) in [5, 5.41) is 6.01. The monoisotopic (exact) mass is 367 g/mol. The van der Waals surface area contributed by atoms with Crippen molar-refractivity contribution in [2.45, 2.75) is 38.2 Å². The van der Waals surface area contributed by atoms with E-state index in [1.165, 1.54) is 0 Å². The number of hydrogen-bond acceptors (Lipinski definition) is 4. The van der Waals surface area contributed by atoms with Gasteiger partial charge in [0.25, 0.3) is 0 Å². The van der Waals surface area contributed by atoms with Gasteiger partial charge in [0, 0.05) is 31.7 Å². The summed E-state index contributed by atoms with van der Waals surface area (Å²) in [4.78, 5) is 25.7. The van der Waals surface area contributed by atoms with Crippen molar-refractivity contribution in [3.05, 3.63) is 29.8 Å². The fourth-order valence-electron chi connectivity index (χ4n) is 3.25. The van der Waals surface area contributed by atoms with Gasteiger partial charge >= 0.3 is 0 Å². The van der Waals surface area contributed by atoms with Gasteiger partial charge in [-0.3, -0.25) is 14.9 Å². The summed E-state index contributed by atoms with van der Waals surface area (Å²) < 4.78 is 5.72. The van der Waals surface area contributed by atoms with Crippen molar-refractivity contribution >= 4 is 29.9 Å². The molecule has 3 rings (SSSR count). The van der Waals surface area contributed by atoms with E-state index in [0.717, 1.165) is 43.7 Å². The molecule has 1 spiro atoms. The van der Waals surface area contributed by atoms with E-state index in [-0.39, 0.29) is 29.8 Å². The molecule has 6 nitrogen and oxygen atoms in total. The quantitative estimate of drug-likeness (QED) is 0.834. The first-order valence-electron chi connectivity index (χ1n) is 8.61. The molecule has 2 heterocycles. The third-order valence-corrected chi connectivity index (χ3v) is 4.82. The molecular formula is C18H26ClN3O3. The van der Waals surface area contributed by atoms with Crippen molar-refractivity contribution < 1.29 is 14.3 Å². The Morgan fingerprint density at radius 2 is 2.12 bits per heavy atom. The standard InChI is InChI=1S/C18H25N3O3.ClH/c1-2-16(22)20-15-5-3-14(4-6-15)7-9-21-10-8-18(11-17(21)23)12-19-13-24-18;/h3-6,19H,2,7-13H2,1H3,(H,20,22);1H. The maximum absolute atomic E-state index is 12.4. The Kier molecular flexibility index (Phi) is 6.81. The molecule has 2 saturated heterocycles. The lowest BCUT2D eigenvalue weighted by Crippen LogP contribution is -2.50. The van der Waals surface area contributed by atoms with Gasteiger partial charge in [0.2, 0.25) is 11.8 Å². The molecule has 2 N–H and O–H groups in total. The molecule has 2 aliphatic heterocycles. The number of likely N-dealkylation sites (tertiary alicyclic amines) is 1. The van der Waals surface area contributed by atoms with Gasteiger partial charge in [-0.05, 0) is 30.5 Å². The molecule has 7 heteroatoms. The predicted molar refractivity (Wildman–Crippen MR) is 98.8 cm³/mol. The third kappa shape index (κ3) is 4.93. The minimum Gasteiger partial charge on any atom is -0.358 e. The minimum atomic E-state index is -0.271. The Hall–Kier alpha value is -1.63. The fraction of sp³-hybridized carbons (Fsp3) is 0.556. The van der Waals surface area contributed by atoms with Crippen LogP contribution in [0.25, 0.3) is 0 Å². The summed E-state index contributed by atoms with van der Waals surface area (Å²) in [6.07, 6.45) is 2.66. The Morgan fingerprint density at radius 1 is 1.36 bits per heavy atom. The average molecular weight is 368 g/mol. The summed E-state index contributed by atoms with van der Waals surface area (Å²) in [7, 11) is 0. The lowest BCUT2D eigenvalue weighted by Gasteiger charge is -2.37. The molecule has 1 aromatic rings. The highest BCUT2D eigenvalue weighted by Gasteiger charge is 2.42. The minimum absolute atomic E-state index is 0. The van der Waals surface area contributed by atoms with Gasteiger partial charge in [0.05, 0.1) is 18.8 Å². The summed E-state index contributed by atoms with van der Waals surface area (Å²) in [6, 6.07) is 7.83. The zero-order valence-electron chi connectivity index (χ0n) is 14.5. The first-order chi connectivity index (χ1) is 11.6. The zero-order chi connectivity index (χ0) is 17.0. The van der Waals surface area contributed by atoms with Crippen LogP contribution in [0.2, 0.25) is 0 Å². The number of carbonyl (C=O) groups is 2. The van der Waals surface area contributed by atoms with E-state index < -0.39 is 0 Å². The van der Waals surface area contributed by atoms with Crippen LogP contribution in [0.4, 0.5) is 5.69 Å². The number of anilines is 1. The van der Waals surface area contributed by atoms with Crippen LogP contribution < -0.4 is 10.6 Å². The molecule has 1 aromatic carbocycles. The van der Waals surface area contributed by atoms with Gasteiger partial charge in [0.1, 0.15) is 0 Å². The molecule has 0 bridgehead atoms. The number of halogens is 1. The van der Waals surface area contributed by atoms with Crippen LogP contribution in [0.1, 0.15) is 31.7 Å². The van der Waals surface area contributed by atoms with Crippen molar-refractivity contribution in [2.24, 2.45) is 0 Å². The number of hydrogen-bond donors (Lipinski definition) is 2. The van der Waals surface area contributed by atoms with Gasteiger partial charge in [-0.15, -0.1) is 12.4 Å². The lowest BCUT2D eigenvalue weighted by molar-refractivity contribution is -0.143. The highest BCUT2D eigenvalue weighted by molar-refractivity contribution is 5.90. The lowest BCUT2D eigenvalue weighted by atomic mass is 9.91. The summed E-state index contributed by atoms with van der Waals surface area (Å²) in [5.41, 5.74) is 1.70. The maximum Gasteiger partial charge on any atom is 0.225 e. The molecule has 2 fully saturated rings. The van der Waals surface area contributed by atoms with E-state index in [1.807, 2.05) is 36.1 Å². The normalized spacial score (nSPS) is 22.8. The number of ether oxygens (including phenoxy) is 1. The molecule has 2 amide bonds. The predicted octanol–water partition coefficient (Wildman–Crippen LogP) is 1.94. The van der Waals surface area contributed by atoms with Gasteiger partial charge in [-0.25, -0.2) is 0 Å². The number of piperidine rings is 1. The molecule has 2 aliphatic rings. The molecule has 1 unspecified atom stereocenters. The highest BCUT2D eigenvalue weighted by Crippen LogP contribution is 2.29. The number of nitrogens with one attached hydrogen (secondary N) is 2. The molecular weight excluding hydrogens is 342 g/mol. The summed E-state index contributed by atoms with van der Waals surface area (Å²) >= 11 is 0. The van der Waals surface area contributed by atoms with Crippen molar-refractivity contribution in [2.75, 3.05) is 31.7 Å². The van der Waals surface area contributed by atoms with Crippen LogP contribution in [0, 0.1) is 0 Å². The SMILES string of the molecule is CCC(=O)Nc1ccc(CCN2CCC3(CNCO3)CC2=O)cc1.Cl. The molecule has 138 valence electrons. The smallest absolute Gasteiger partial charge is 0.225 e. The first-order valence-corrected chi connectivity index (χ1v) is 8.61. The zero-order valence-corrected chi connectivity index (χ0v) is 15.4. The summed E-state index contributed by atoms with van der Waals surface area (Å²) in [6.45, 7) is 4.63. The Labute approximate surface area is 154 Å². The number of nitrogens with zero attached hydrogens (tertiary/aromatic N) is 1. The van der Waals surface area contributed by atoms with E-state index in [9.17, 15) is 9.59 Å². The Bertz CT molecular complexity index is 600. The fourth-order valence-corrected chi connectivity index (χ4v) is 3.25. The van der Waals surface area contributed by atoms with Crippen molar-refractivity contribution in [1.29, 1.82) is 0 Å². The second kappa shape index (κ2) is 8.65. The second-order valence-electron chi connectivity index (χ2n) is 6.55. The van der Waals surface area contributed by atoms with Crippen LogP contribution in [0.3, 0.4) is 0 Å². The van der Waals surface area contributed by atoms with Crippen LogP contribution in [-0.2, 0) is 20.7 Å². The molecule has 0 aromatic heterocycles. The second-order valence-corrected chi connectivity index (χ2v) is 6.55. The molecule has 25 heavy (non-hydrogen) atoms. The van der Waals surface area contributed by atoms with Gasteiger partial charge < -0.3 is 15.0 Å². The van der Waals surface area contributed by atoms with Crippen molar-refractivity contribution in [1.82, 2.24) is 10.2 Å². The third-order valence-electron chi connectivity index (χ3n) is 4.82. The van der Waals surface area contributed by atoms with E-state index in [1.54, 1.807) is 0 Å². The number of carbonyl (C=O) groups excluding carboxylic acids is 2. The molecule has 0 radical (unpaired) electrons. The van der Waals surface area contributed by atoms with Crippen molar-refractivity contribution in [3.63, 3.8) is 0 Å². The topological polar surface area (TPSA) is 70.7 Å². The van der Waals surface area contributed by atoms with Crippen molar-refractivity contribution in [3.8, 4) is 0 Å². The van der Waals surface area contributed by atoms with E-state index >= 15 is 0 Å². The molecule has 0 aliphatic carbocycles. The van der Waals surface area contributed by atoms with E-state index in [0.29, 0.717) is 19.6 Å². The Balaban J connectivity index is 0.00000225. The molecule has 0 saturated carbocycles. The van der Waals surface area contributed by atoms with Crippen LogP contribution >= 0.6 is 12.4 Å². The number of rotatable bonds is 5. The van der Waals surface area contributed by atoms with Crippen LogP contribution in [0.5, 0.6) is 0 Å².